The summed E-state index contributed by atoms with van der Waals surface area (Å²) in [6.07, 6.45) is 0. The second-order valence-corrected chi connectivity index (χ2v) is 7.57. The van der Waals surface area contributed by atoms with E-state index in [1.807, 2.05) is 57.2 Å². The van der Waals surface area contributed by atoms with Crippen molar-refractivity contribution in [1.29, 1.82) is 0 Å². The molecule has 8 heteroatoms. The van der Waals surface area contributed by atoms with Crippen molar-refractivity contribution in [3.05, 3.63) is 75.3 Å². The minimum absolute atomic E-state index is 0.00814. The van der Waals surface area contributed by atoms with Crippen LogP contribution in [0.4, 0.5) is 5.69 Å². The van der Waals surface area contributed by atoms with Crippen LogP contribution in [-0.4, -0.2) is 26.2 Å². The van der Waals surface area contributed by atoms with Crippen LogP contribution < -0.4 is 10.6 Å². The summed E-state index contributed by atoms with van der Waals surface area (Å²) in [6, 6.07) is 13.1. The van der Waals surface area contributed by atoms with Crippen molar-refractivity contribution < 1.29 is 9.59 Å². The fourth-order valence-corrected chi connectivity index (χ4v) is 3.29. The normalized spacial score (nSPS) is 10.7. The summed E-state index contributed by atoms with van der Waals surface area (Å²) in [5.41, 5.74) is 4.42. The maximum atomic E-state index is 12.5. The lowest BCUT2D eigenvalue weighted by atomic mass is 10.1. The van der Waals surface area contributed by atoms with E-state index in [2.05, 4.69) is 15.7 Å². The van der Waals surface area contributed by atoms with Gasteiger partial charge in [0.15, 0.2) is 10.6 Å². The van der Waals surface area contributed by atoms with Crippen LogP contribution in [0.1, 0.15) is 32.9 Å². The average molecular weight is 424 g/mol. The Morgan fingerprint density at radius 2 is 1.73 bits per heavy atom. The van der Waals surface area contributed by atoms with Crippen molar-refractivity contribution >= 4 is 29.7 Å². The number of hydrogen-bond acceptors (Lipinski definition) is 4. The number of carbonyl (C=O) groups excluding carboxylic acids is 2. The highest BCUT2D eigenvalue weighted by Crippen LogP contribution is 2.18. The van der Waals surface area contributed by atoms with Crippen LogP contribution in [0.15, 0.2) is 42.5 Å². The van der Waals surface area contributed by atoms with Crippen LogP contribution in [0.5, 0.6) is 0 Å². The van der Waals surface area contributed by atoms with E-state index in [-0.39, 0.29) is 24.9 Å². The summed E-state index contributed by atoms with van der Waals surface area (Å²) in [5, 5.41) is 10.2. The van der Waals surface area contributed by atoms with Gasteiger partial charge < -0.3 is 15.2 Å². The molecule has 3 rings (SSSR count). The third-order valence-electron chi connectivity index (χ3n) is 5.10. The zero-order valence-corrected chi connectivity index (χ0v) is 18.3. The number of carbonyl (C=O) groups is 2. The predicted molar refractivity (Wildman–Crippen MR) is 119 cm³/mol. The van der Waals surface area contributed by atoms with Gasteiger partial charge in [0, 0.05) is 18.3 Å². The topological polar surface area (TPSA) is 80.9 Å². The lowest BCUT2D eigenvalue weighted by Gasteiger charge is -2.10. The van der Waals surface area contributed by atoms with Gasteiger partial charge in [-0.05, 0) is 61.8 Å². The van der Waals surface area contributed by atoms with Crippen LogP contribution in [0, 0.1) is 25.5 Å². The van der Waals surface area contributed by atoms with Gasteiger partial charge in [0.25, 0.3) is 5.91 Å². The number of hydrogen-bond donors (Lipinski definition) is 2. The molecule has 0 saturated heterocycles. The second kappa shape index (κ2) is 9.04. The van der Waals surface area contributed by atoms with Gasteiger partial charge in [0.1, 0.15) is 6.54 Å². The Bertz CT molecular complexity index is 1160. The van der Waals surface area contributed by atoms with E-state index in [0.29, 0.717) is 16.2 Å². The number of aromatic nitrogens is 3. The lowest BCUT2D eigenvalue weighted by molar-refractivity contribution is -0.116. The zero-order valence-electron chi connectivity index (χ0n) is 17.5. The molecule has 0 saturated carbocycles. The van der Waals surface area contributed by atoms with Crippen molar-refractivity contribution in [2.75, 3.05) is 5.32 Å². The minimum atomic E-state index is -0.214. The predicted octanol–water partition coefficient (Wildman–Crippen LogP) is 3.45. The van der Waals surface area contributed by atoms with Gasteiger partial charge in [0.2, 0.25) is 5.91 Å². The summed E-state index contributed by atoms with van der Waals surface area (Å²) in [4.78, 5) is 24.9. The molecule has 2 N–H and O–H groups in total. The van der Waals surface area contributed by atoms with Crippen LogP contribution in [-0.2, 0) is 24.9 Å². The number of anilines is 1. The Balaban J connectivity index is 1.68. The number of aryl methyl sites for hydroxylation is 2. The molecule has 30 heavy (non-hydrogen) atoms. The lowest BCUT2D eigenvalue weighted by Crippen LogP contribution is -2.25. The van der Waals surface area contributed by atoms with Gasteiger partial charge in [-0.2, -0.15) is 5.10 Å². The minimum Gasteiger partial charge on any atom is -0.345 e. The highest BCUT2D eigenvalue weighted by molar-refractivity contribution is 7.71. The van der Waals surface area contributed by atoms with Crippen molar-refractivity contribution in [2.24, 2.45) is 7.05 Å². The molecule has 156 valence electrons. The molecule has 0 aliphatic rings. The van der Waals surface area contributed by atoms with E-state index in [9.17, 15) is 9.59 Å². The fraction of sp³-hybridized carbons (Fsp3) is 0.273. The largest absolute Gasteiger partial charge is 0.345 e. The first kappa shape index (κ1) is 21.4. The summed E-state index contributed by atoms with van der Waals surface area (Å²) in [5.74, 6) is 0.177. The molecular weight excluding hydrogens is 398 g/mol. The first-order valence-corrected chi connectivity index (χ1v) is 10.0. The Hall–Kier alpha value is -3.26. The molecule has 7 nitrogen and oxygen atoms in total. The molecule has 3 aromatic rings. The van der Waals surface area contributed by atoms with Crippen LogP contribution in [0.3, 0.4) is 0 Å². The molecule has 0 spiro atoms. The monoisotopic (exact) mass is 423 g/mol. The van der Waals surface area contributed by atoms with Crippen LogP contribution in [0.2, 0.25) is 0 Å². The first-order valence-electron chi connectivity index (χ1n) is 9.60. The first-order chi connectivity index (χ1) is 14.3. The summed E-state index contributed by atoms with van der Waals surface area (Å²) in [6.45, 7) is 6.05. The number of nitrogens with zero attached hydrogens (tertiary/aromatic N) is 3. The van der Waals surface area contributed by atoms with Gasteiger partial charge in [0.05, 0.1) is 6.54 Å². The van der Waals surface area contributed by atoms with E-state index in [0.717, 1.165) is 22.4 Å². The molecule has 2 amide bonds. The second-order valence-electron chi connectivity index (χ2n) is 7.21. The molecule has 0 fully saturated rings. The number of benzene rings is 2. The standard InChI is InChI=1S/C22H25N5O2S/c1-14-9-7-11-18(16(14)3)24-20(28)13-27-22(30)26(4)19(25-27)12-23-21(29)17-10-6-5-8-15(17)2/h5-11H,12-13H2,1-4H3,(H,23,29)(H,24,28). The van der Waals surface area contributed by atoms with E-state index >= 15 is 0 Å². The fourth-order valence-electron chi connectivity index (χ4n) is 3.08. The quantitative estimate of drug-likeness (QED) is 0.595. The van der Waals surface area contributed by atoms with E-state index in [1.54, 1.807) is 17.7 Å². The Kier molecular flexibility index (Phi) is 6.47. The van der Waals surface area contributed by atoms with E-state index < -0.39 is 0 Å². The van der Waals surface area contributed by atoms with Crippen LogP contribution in [0.25, 0.3) is 0 Å². The van der Waals surface area contributed by atoms with Gasteiger partial charge in [-0.25, -0.2) is 4.68 Å². The molecule has 1 heterocycles. The Morgan fingerprint density at radius 3 is 2.47 bits per heavy atom. The van der Waals surface area contributed by atoms with Crippen molar-refractivity contribution in [2.45, 2.75) is 33.9 Å². The summed E-state index contributed by atoms with van der Waals surface area (Å²) < 4.78 is 3.57. The molecule has 0 unspecified atom stereocenters. The summed E-state index contributed by atoms with van der Waals surface area (Å²) >= 11 is 5.41. The van der Waals surface area contributed by atoms with E-state index in [1.165, 1.54) is 4.68 Å². The third-order valence-corrected chi connectivity index (χ3v) is 5.58. The number of rotatable bonds is 6. The highest BCUT2D eigenvalue weighted by atomic mass is 32.1. The SMILES string of the molecule is Cc1ccccc1C(=O)NCc1nn(CC(=O)Nc2cccc(C)c2C)c(=S)n1C. The smallest absolute Gasteiger partial charge is 0.251 e. The van der Waals surface area contributed by atoms with Crippen molar-refractivity contribution in [1.82, 2.24) is 19.7 Å². The zero-order chi connectivity index (χ0) is 21.8. The Labute approximate surface area is 180 Å². The van der Waals surface area contributed by atoms with Gasteiger partial charge in [-0.3, -0.25) is 9.59 Å². The molecule has 0 bridgehead atoms. The van der Waals surface area contributed by atoms with Gasteiger partial charge in [-0.15, -0.1) is 0 Å². The number of nitrogens with one attached hydrogen (secondary N) is 2. The maximum Gasteiger partial charge on any atom is 0.251 e. The molecule has 0 aliphatic carbocycles. The Morgan fingerprint density at radius 1 is 1.03 bits per heavy atom. The third kappa shape index (κ3) is 4.65. The van der Waals surface area contributed by atoms with Crippen LogP contribution >= 0.6 is 12.2 Å². The summed E-state index contributed by atoms with van der Waals surface area (Å²) in [7, 11) is 1.77. The molecular formula is C22H25N5O2S. The molecule has 2 aromatic carbocycles. The number of amides is 2. The highest BCUT2D eigenvalue weighted by Gasteiger charge is 2.14. The molecule has 1 aromatic heterocycles. The van der Waals surface area contributed by atoms with Gasteiger partial charge in [-0.1, -0.05) is 30.3 Å². The molecule has 0 aliphatic heterocycles. The maximum absolute atomic E-state index is 12.5. The molecule has 0 atom stereocenters. The molecule has 0 radical (unpaired) electrons. The van der Waals surface area contributed by atoms with Crippen molar-refractivity contribution in [3.63, 3.8) is 0 Å². The van der Waals surface area contributed by atoms with E-state index in [4.69, 9.17) is 12.2 Å². The van der Waals surface area contributed by atoms with Crippen molar-refractivity contribution in [3.8, 4) is 0 Å². The van der Waals surface area contributed by atoms with Gasteiger partial charge >= 0.3 is 0 Å². The average Bonchev–Trinajstić information content (AvgIpc) is 2.97.